The van der Waals surface area contributed by atoms with Crippen molar-refractivity contribution in [2.24, 2.45) is 0 Å². The Balaban J connectivity index is 2.09. The van der Waals surface area contributed by atoms with Gasteiger partial charge in [-0.15, -0.1) is 0 Å². The molecule has 2 atom stereocenters. The maximum atomic E-state index is 11.6. The van der Waals surface area contributed by atoms with Crippen LogP contribution >= 0.6 is 0 Å². The monoisotopic (exact) mass is 168 g/mol. The highest BCUT2D eigenvalue weighted by atomic mass is 16.2. The largest absolute Gasteiger partial charge is 0.340 e. The Labute approximate surface area is 73.1 Å². The van der Waals surface area contributed by atoms with E-state index in [-0.39, 0.29) is 6.04 Å². The smallest absolute Gasteiger partial charge is 0.239 e. The zero-order valence-electron chi connectivity index (χ0n) is 7.55. The first-order valence-corrected chi connectivity index (χ1v) is 4.86. The first kappa shape index (κ1) is 8.05. The van der Waals surface area contributed by atoms with Crippen molar-refractivity contribution < 1.29 is 4.79 Å². The number of carbonyl (C=O) groups is 1. The summed E-state index contributed by atoms with van der Waals surface area (Å²) in [5, 5.41) is 3.38. The highest BCUT2D eigenvalue weighted by Crippen LogP contribution is 2.19. The van der Waals surface area contributed by atoms with Crippen molar-refractivity contribution in [3.8, 4) is 0 Å². The molecule has 2 saturated heterocycles. The lowest BCUT2D eigenvalue weighted by atomic mass is 9.94. The summed E-state index contributed by atoms with van der Waals surface area (Å²) in [6.07, 6.45) is 3.48. The van der Waals surface area contributed by atoms with Gasteiger partial charge in [0.2, 0.25) is 5.91 Å². The van der Waals surface area contributed by atoms with E-state index >= 15 is 0 Å². The molecule has 0 aromatic rings. The van der Waals surface area contributed by atoms with Crippen LogP contribution in [0, 0.1) is 0 Å². The van der Waals surface area contributed by atoms with Gasteiger partial charge in [-0.3, -0.25) is 4.79 Å². The summed E-state index contributed by atoms with van der Waals surface area (Å²) in [6.45, 7) is 3.85. The second kappa shape index (κ2) is 3.05. The van der Waals surface area contributed by atoms with Crippen LogP contribution in [0.5, 0.6) is 0 Å². The summed E-state index contributed by atoms with van der Waals surface area (Å²) in [5.74, 6) is 0.313. The molecule has 2 rings (SSSR count). The third kappa shape index (κ3) is 1.22. The Kier molecular flexibility index (Phi) is 2.05. The van der Waals surface area contributed by atoms with Gasteiger partial charge in [0.05, 0.1) is 6.04 Å². The van der Waals surface area contributed by atoms with E-state index in [0.29, 0.717) is 11.9 Å². The van der Waals surface area contributed by atoms with E-state index in [0.717, 1.165) is 19.5 Å². The molecule has 1 amide bonds. The van der Waals surface area contributed by atoms with Gasteiger partial charge in [-0.25, -0.2) is 0 Å². The number of nitrogens with zero attached hydrogens (tertiary/aromatic N) is 1. The first-order valence-electron chi connectivity index (χ1n) is 4.86. The number of rotatable bonds is 1. The summed E-state index contributed by atoms with van der Waals surface area (Å²) >= 11 is 0. The van der Waals surface area contributed by atoms with E-state index in [9.17, 15) is 4.79 Å². The van der Waals surface area contributed by atoms with Gasteiger partial charge in [0.15, 0.2) is 0 Å². The first-order chi connectivity index (χ1) is 5.81. The molecule has 3 nitrogen and oxygen atoms in total. The lowest BCUT2D eigenvalue weighted by Gasteiger charge is -2.41. The van der Waals surface area contributed by atoms with Crippen molar-refractivity contribution in [2.45, 2.75) is 38.3 Å². The van der Waals surface area contributed by atoms with E-state index in [1.807, 2.05) is 4.90 Å². The highest BCUT2D eigenvalue weighted by Gasteiger charge is 2.35. The van der Waals surface area contributed by atoms with Crippen LogP contribution < -0.4 is 5.32 Å². The number of likely N-dealkylation sites (N-methyl/N-ethyl adjacent to an activating group) is 1. The number of likely N-dealkylation sites (tertiary alicyclic amines) is 1. The highest BCUT2D eigenvalue weighted by molar-refractivity contribution is 5.83. The third-order valence-electron chi connectivity index (χ3n) is 2.91. The molecule has 0 spiro atoms. The Hall–Kier alpha value is -0.570. The maximum Gasteiger partial charge on any atom is 0.239 e. The number of piperidine rings is 1. The van der Waals surface area contributed by atoms with Crippen LogP contribution in [0.2, 0.25) is 0 Å². The van der Waals surface area contributed by atoms with Gasteiger partial charge >= 0.3 is 0 Å². The van der Waals surface area contributed by atoms with Crippen molar-refractivity contribution >= 4 is 5.91 Å². The Morgan fingerprint density at radius 1 is 1.58 bits per heavy atom. The topological polar surface area (TPSA) is 32.3 Å². The van der Waals surface area contributed by atoms with Crippen LogP contribution in [0.3, 0.4) is 0 Å². The fraction of sp³-hybridized carbons (Fsp3) is 0.889. The van der Waals surface area contributed by atoms with Crippen LogP contribution in [0.4, 0.5) is 0 Å². The number of hydrogen-bond donors (Lipinski definition) is 1. The molecule has 68 valence electrons. The normalized spacial score (nSPS) is 35.4. The third-order valence-corrected chi connectivity index (χ3v) is 2.91. The van der Waals surface area contributed by atoms with E-state index in [2.05, 4.69) is 12.2 Å². The van der Waals surface area contributed by atoms with Crippen LogP contribution in [0.1, 0.15) is 26.2 Å². The minimum Gasteiger partial charge on any atom is -0.340 e. The average molecular weight is 168 g/mol. The summed E-state index contributed by atoms with van der Waals surface area (Å²) in [7, 11) is 0. The Bertz CT molecular complexity index is 189. The fourth-order valence-corrected chi connectivity index (χ4v) is 2.22. The summed E-state index contributed by atoms with van der Waals surface area (Å²) < 4.78 is 0. The quantitative estimate of drug-likeness (QED) is 0.613. The molecule has 0 radical (unpaired) electrons. The minimum absolute atomic E-state index is 0.137. The van der Waals surface area contributed by atoms with Gasteiger partial charge in [-0.2, -0.15) is 0 Å². The number of hydrogen-bond acceptors (Lipinski definition) is 2. The van der Waals surface area contributed by atoms with Crippen LogP contribution in [0.25, 0.3) is 0 Å². The SMILES string of the molecule is CCN1CC2CCCC(N2)C1=O. The number of amides is 1. The standard InChI is InChI=1S/C9H16N2O/c1-2-11-6-7-4-3-5-8(10-7)9(11)12/h7-8,10H,2-6H2,1H3. The van der Waals surface area contributed by atoms with E-state index in [1.165, 1.54) is 12.8 Å². The second-order valence-electron chi connectivity index (χ2n) is 3.72. The number of nitrogens with one attached hydrogen (secondary N) is 1. The molecule has 12 heavy (non-hydrogen) atoms. The maximum absolute atomic E-state index is 11.6. The molecule has 3 heteroatoms. The zero-order chi connectivity index (χ0) is 8.55. The van der Waals surface area contributed by atoms with E-state index < -0.39 is 0 Å². The average Bonchev–Trinajstić information content (AvgIpc) is 2.12. The molecule has 2 aliphatic heterocycles. The van der Waals surface area contributed by atoms with Crippen molar-refractivity contribution in [2.75, 3.05) is 13.1 Å². The molecule has 0 saturated carbocycles. The fourth-order valence-electron chi connectivity index (χ4n) is 2.22. The summed E-state index contributed by atoms with van der Waals surface area (Å²) in [5.41, 5.74) is 0. The van der Waals surface area contributed by atoms with E-state index in [1.54, 1.807) is 0 Å². The number of piperazine rings is 1. The molecular weight excluding hydrogens is 152 g/mol. The lowest BCUT2D eigenvalue weighted by molar-refractivity contribution is -0.138. The zero-order valence-corrected chi connectivity index (χ0v) is 7.55. The molecule has 2 fully saturated rings. The van der Waals surface area contributed by atoms with Crippen LogP contribution in [0.15, 0.2) is 0 Å². The van der Waals surface area contributed by atoms with E-state index in [4.69, 9.17) is 0 Å². The molecular formula is C9H16N2O. The predicted molar refractivity (Wildman–Crippen MR) is 46.8 cm³/mol. The van der Waals surface area contributed by atoms with Crippen molar-refractivity contribution in [3.05, 3.63) is 0 Å². The van der Waals surface area contributed by atoms with Crippen LogP contribution in [-0.2, 0) is 4.79 Å². The van der Waals surface area contributed by atoms with Gasteiger partial charge < -0.3 is 10.2 Å². The van der Waals surface area contributed by atoms with Crippen molar-refractivity contribution in [3.63, 3.8) is 0 Å². The predicted octanol–water partition coefficient (Wildman–Crippen LogP) is 0.359. The Morgan fingerprint density at radius 3 is 3.17 bits per heavy atom. The molecule has 2 unspecified atom stereocenters. The minimum atomic E-state index is 0.137. The molecule has 0 aliphatic carbocycles. The molecule has 2 heterocycles. The van der Waals surface area contributed by atoms with Crippen LogP contribution in [-0.4, -0.2) is 36.0 Å². The second-order valence-corrected chi connectivity index (χ2v) is 3.72. The van der Waals surface area contributed by atoms with Crippen molar-refractivity contribution in [1.82, 2.24) is 10.2 Å². The van der Waals surface area contributed by atoms with Gasteiger partial charge in [-0.05, 0) is 26.2 Å². The molecule has 1 N–H and O–H groups in total. The summed E-state index contributed by atoms with van der Waals surface area (Å²) in [6, 6.07) is 0.707. The molecule has 2 aliphatic rings. The number of carbonyl (C=O) groups excluding carboxylic acids is 1. The number of fused-ring (bicyclic) bond motifs is 2. The Morgan fingerprint density at radius 2 is 2.42 bits per heavy atom. The lowest BCUT2D eigenvalue weighted by Crippen LogP contribution is -2.61. The van der Waals surface area contributed by atoms with Crippen molar-refractivity contribution in [1.29, 1.82) is 0 Å². The van der Waals surface area contributed by atoms with Gasteiger partial charge in [-0.1, -0.05) is 0 Å². The van der Waals surface area contributed by atoms with Gasteiger partial charge in [0, 0.05) is 19.1 Å². The van der Waals surface area contributed by atoms with Gasteiger partial charge in [0.1, 0.15) is 0 Å². The van der Waals surface area contributed by atoms with Gasteiger partial charge in [0.25, 0.3) is 0 Å². The summed E-state index contributed by atoms with van der Waals surface area (Å²) in [4.78, 5) is 13.6. The molecule has 0 aromatic heterocycles. The molecule has 0 aromatic carbocycles. The molecule has 2 bridgehead atoms.